The number of hydrogen-bond donors (Lipinski definition) is 1. The van der Waals surface area contributed by atoms with Gasteiger partial charge >= 0.3 is 0 Å². The van der Waals surface area contributed by atoms with Crippen LogP contribution >= 0.6 is 11.3 Å². The maximum absolute atomic E-state index is 13.0. The van der Waals surface area contributed by atoms with E-state index in [1.165, 1.54) is 0 Å². The molecule has 1 amide bonds. The second-order valence-corrected chi connectivity index (χ2v) is 8.84. The highest BCUT2D eigenvalue weighted by Crippen LogP contribution is 2.25. The second kappa shape index (κ2) is 9.56. The fourth-order valence-corrected chi connectivity index (χ4v) is 4.78. The molecule has 1 fully saturated rings. The van der Waals surface area contributed by atoms with Crippen LogP contribution in [0.1, 0.15) is 16.2 Å². The van der Waals surface area contributed by atoms with Crippen molar-refractivity contribution in [3.8, 4) is 27.6 Å². The van der Waals surface area contributed by atoms with Gasteiger partial charge in [0.15, 0.2) is 0 Å². The molecule has 0 atom stereocenters. The number of ether oxygens (including phenoxy) is 1. The van der Waals surface area contributed by atoms with E-state index in [9.17, 15) is 4.79 Å². The quantitative estimate of drug-likeness (QED) is 0.469. The SMILES string of the molecule is COc1cccc(-c2cc(C(=O)N3CCN(Cc4csc(-c5ccccc5)n4)CC3)[nH]n2)c1. The lowest BCUT2D eigenvalue weighted by Crippen LogP contribution is -2.48. The van der Waals surface area contributed by atoms with E-state index >= 15 is 0 Å². The molecule has 0 radical (unpaired) electrons. The molecule has 8 heteroatoms. The monoisotopic (exact) mass is 459 g/mol. The Labute approximate surface area is 196 Å². The fourth-order valence-electron chi connectivity index (χ4n) is 3.96. The molecule has 5 rings (SSSR count). The van der Waals surface area contributed by atoms with E-state index in [0.717, 1.165) is 52.9 Å². The fraction of sp³-hybridized carbons (Fsp3) is 0.240. The number of hydrogen-bond acceptors (Lipinski definition) is 6. The smallest absolute Gasteiger partial charge is 0.271 e. The van der Waals surface area contributed by atoms with E-state index in [4.69, 9.17) is 9.72 Å². The number of piperazine rings is 1. The molecule has 0 saturated carbocycles. The molecule has 2 aromatic heterocycles. The van der Waals surface area contributed by atoms with Crippen molar-refractivity contribution in [1.82, 2.24) is 25.0 Å². The maximum atomic E-state index is 13.0. The van der Waals surface area contributed by atoms with Crippen molar-refractivity contribution in [1.29, 1.82) is 0 Å². The Morgan fingerprint density at radius 2 is 1.82 bits per heavy atom. The Morgan fingerprint density at radius 3 is 2.61 bits per heavy atom. The molecule has 0 aliphatic carbocycles. The topological polar surface area (TPSA) is 74.3 Å². The van der Waals surface area contributed by atoms with Gasteiger partial charge in [0.1, 0.15) is 16.5 Å². The van der Waals surface area contributed by atoms with Gasteiger partial charge < -0.3 is 9.64 Å². The number of amides is 1. The third kappa shape index (κ3) is 4.81. The summed E-state index contributed by atoms with van der Waals surface area (Å²) >= 11 is 1.68. The molecule has 7 nitrogen and oxygen atoms in total. The molecule has 2 aromatic carbocycles. The number of rotatable bonds is 6. The average molecular weight is 460 g/mol. The Kier molecular flexibility index (Phi) is 6.19. The van der Waals surface area contributed by atoms with Crippen LogP contribution in [-0.2, 0) is 6.54 Å². The van der Waals surface area contributed by atoms with E-state index in [0.29, 0.717) is 18.8 Å². The van der Waals surface area contributed by atoms with Gasteiger partial charge in [0.2, 0.25) is 0 Å². The second-order valence-electron chi connectivity index (χ2n) is 7.98. The molecule has 33 heavy (non-hydrogen) atoms. The molecule has 0 spiro atoms. The molecule has 0 bridgehead atoms. The molecule has 3 heterocycles. The minimum absolute atomic E-state index is 0.0173. The van der Waals surface area contributed by atoms with Crippen LogP contribution in [0.25, 0.3) is 21.8 Å². The van der Waals surface area contributed by atoms with Crippen LogP contribution in [-0.4, -0.2) is 64.2 Å². The van der Waals surface area contributed by atoms with Crippen LogP contribution in [0.15, 0.2) is 66.0 Å². The first-order valence-electron chi connectivity index (χ1n) is 10.9. The zero-order valence-electron chi connectivity index (χ0n) is 18.4. The number of nitrogens with one attached hydrogen (secondary N) is 1. The summed E-state index contributed by atoms with van der Waals surface area (Å²) in [7, 11) is 1.63. The van der Waals surface area contributed by atoms with Gasteiger partial charge in [-0.25, -0.2) is 4.98 Å². The van der Waals surface area contributed by atoms with E-state index in [1.807, 2.05) is 53.4 Å². The number of thiazole rings is 1. The van der Waals surface area contributed by atoms with Gasteiger partial charge in [0.05, 0.1) is 18.5 Å². The normalized spacial score (nSPS) is 14.4. The summed E-state index contributed by atoms with van der Waals surface area (Å²) in [6, 6.07) is 19.7. The van der Waals surface area contributed by atoms with Gasteiger partial charge in [0.25, 0.3) is 5.91 Å². The minimum Gasteiger partial charge on any atom is -0.497 e. The van der Waals surface area contributed by atoms with Gasteiger partial charge in [-0.15, -0.1) is 11.3 Å². The lowest BCUT2D eigenvalue weighted by atomic mass is 10.1. The maximum Gasteiger partial charge on any atom is 0.271 e. The zero-order valence-corrected chi connectivity index (χ0v) is 19.2. The van der Waals surface area contributed by atoms with Crippen LogP contribution in [0.4, 0.5) is 0 Å². The highest BCUT2D eigenvalue weighted by atomic mass is 32.1. The van der Waals surface area contributed by atoms with Gasteiger partial charge in [-0.05, 0) is 18.2 Å². The lowest BCUT2D eigenvalue weighted by Gasteiger charge is -2.34. The average Bonchev–Trinajstić information content (AvgIpc) is 3.55. The highest BCUT2D eigenvalue weighted by Gasteiger charge is 2.24. The minimum atomic E-state index is -0.0173. The van der Waals surface area contributed by atoms with Crippen molar-refractivity contribution in [2.75, 3.05) is 33.3 Å². The number of benzene rings is 2. The highest BCUT2D eigenvalue weighted by molar-refractivity contribution is 7.13. The number of aromatic nitrogens is 3. The molecular weight excluding hydrogens is 434 g/mol. The Morgan fingerprint density at radius 1 is 1.03 bits per heavy atom. The zero-order chi connectivity index (χ0) is 22.6. The molecule has 4 aromatic rings. The van der Waals surface area contributed by atoms with Crippen LogP contribution in [0.2, 0.25) is 0 Å². The van der Waals surface area contributed by atoms with Crippen molar-refractivity contribution in [2.24, 2.45) is 0 Å². The van der Waals surface area contributed by atoms with E-state index in [1.54, 1.807) is 18.4 Å². The van der Waals surface area contributed by atoms with Gasteiger partial charge in [0, 0.05) is 49.2 Å². The van der Waals surface area contributed by atoms with Crippen LogP contribution in [0.5, 0.6) is 5.75 Å². The van der Waals surface area contributed by atoms with E-state index < -0.39 is 0 Å². The summed E-state index contributed by atoms with van der Waals surface area (Å²) < 4.78 is 5.28. The molecule has 1 aliphatic heterocycles. The van der Waals surface area contributed by atoms with Gasteiger partial charge in [-0.2, -0.15) is 5.10 Å². The molecule has 1 N–H and O–H groups in total. The number of H-pyrrole nitrogens is 1. The van der Waals surface area contributed by atoms with Crippen molar-refractivity contribution in [3.05, 3.63) is 77.4 Å². The predicted molar refractivity (Wildman–Crippen MR) is 129 cm³/mol. The third-order valence-corrected chi connectivity index (χ3v) is 6.73. The summed E-state index contributed by atoms with van der Waals surface area (Å²) in [6.45, 7) is 3.81. The van der Waals surface area contributed by atoms with Crippen LogP contribution in [0, 0.1) is 0 Å². The predicted octanol–water partition coefficient (Wildman–Crippen LogP) is 4.17. The number of nitrogens with zero attached hydrogens (tertiary/aromatic N) is 4. The van der Waals surface area contributed by atoms with Gasteiger partial charge in [-0.3, -0.25) is 14.8 Å². The van der Waals surface area contributed by atoms with Crippen molar-refractivity contribution in [3.63, 3.8) is 0 Å². The van der Waals surface area contributed by atoms with Gasteiger partial charge in [-0.1, -0.05) is 42.5 Å². The first-order valence-corrected chi connectivity index (χ1v) is 11.8. The van der Waals surface area contributed by atoms with Crippen LogP contribution in [0.3, 0.4) is 0 Å². The number of carbonyl (C=O) groups excluding carboxylic acids is 1. The van der Waals surface area contributed by atoms with E-state index in [-0.39, 0.29) is 5.91 Å². The Balaban J connectivity index is 1.17. The number of carbonyl (C=O) groups is 1. The Bertz CT molecular complexity index is 1230. The van der Waals surface area contributed by atoms with Crippen molar-refractivity contribution >= 4 is 17.2 Å². The summed E-state index contributed by atoms with van der Waals surface area (Å²) in [5.41, 5.74) is 4.38. The lowest BCUT2D eigenvalue weighted by molar-refractivity contribution is 0.0621. The molecular formula is C25H25N5O2S. The Hall–Kier alpha value is -3.49. The first kappa shape index (κ1) is 21.4. The molecule has 1 saturated heterocycles. The standard InChI is InChI=1S/C25H25N5O2S/c1-32-21-9-5-8-19(14-21)22-15-23(28-27-22)25(31)30-12-10-29(11-13-30)16-20-17-33-24(26-20)18-6-3-2-4-7-18/h2-9,14-15,17H,10-13,16H2,1H3,(H,27,28). The summed E-state index contributed by atoms with van der Waals surface area (Å²) in [6.07, 6.45) is 0. The summed E-state index contributed by atoms with van der Waals surface area (Å²) in [5, 5.41) is 10.4. The number of methoxy groups -OCH3 is 1. The van der Waals surface area contributed by atoms with E-state index in [2.05, 4.69) is 32.6 Å². The molecule has 1 aliphatic rings. The summed E-state index contributed by atoms with van der Waals surface area (Å²) in [4.78, 5) is 22.0. The van der Waals surface area contributed by atoms with Crippen molar-refractivity contribution in [2.45, 2.75) is 6.54 Å². The summed E-state index contributed by atoms with van der Waals surface area (Å²) in [5.74, 6) is 0.742. The molecule has 0 unspecified atom stereocenters. The largest absolute Gasteiger partial charge is 0.497 e. The first-order chi connectivity index (χ1) is 16.2. The van der Waals surface area contributed by atoms with Crippen molar-refractivity contribution < 1.29 is 9.53 Å². The molecule has 168 valence electrons. The van der Waals surface area contributed by atoms with Crippen LogP contribution < -0.4 is 4.74 Å². The number of aromatic amines is 1. The third-order valence-electron chi connectivity index (χ3n) is 5.79.